The van der Waals surface area contributed by atoms with E-state index in [1.807, 2.05) is 57.4 Å². The number of carbonyl (C=O) groups excluding carboxylic acids is 2. The zero-order valence-electron chi connectivity index (χ0n) is 14.6. The fraction of sp³-hybridized carbons (Fsp3) is 0.263. The summed E-state index contributed by atoms with van der Waals surface area (Å²) in [6.45, 7) is 2.53. The van der Waals surface area contributed by atoms with Crippen LogP contribution >= 0.6 is 0 Å². The highest BCUT2D eigenvalue weighted by Crippen LogP contribution is 2.31. The van der Waals surface area contributed by atoms with E-state index in [0.29, 0.717) is 18.5 Å². The number of carbonyl (C=O) groups is 2. The van der Waals surface area contributed by atoms with Gasteiger partial charge in [0.05, 0.1) is 27.1 Å². The second-order valence-electron chi connectivity index (χ2n) is 6.43. The quantitative estimate of drug-likeness (QED) is 0.625. The molecule has 25 heavy (non-hydrogen) atoms. The van der Waals surface area contributed by atoms with Crippen LogP contribution in [-0.4, -0.2) is 32.5 Å². The van der Waals surface area contributed by atoms with Crippen molar-refractivity contribution >= 4 is 33.6 Å². The van der Waals surface area contributed by atoms with E-state index in [4.69, 9.17) is 4.42 Å². The number of hydrogen-bond acceptors (Lipinski definition) is 3. The first kappa shape index (κ1) is 17.0. The van der Waals surface area contributed by atoms with Crippen molar-refractivity contribution in [1.29, 1.82) is 0 Å². The summed E-state index contributed by atoms with van der Waals surface area (Å²) < 4.78 is 5.84. The molecule has 0 unspecified atom stereocenters. The molecule has 3 N–H and O–H groups in total. The molecule has 6 heteroatoms. The molecule has 0 aliphatic heterocycles. The van der Waals surface area contributed by atoms with Crippen molar-refractivity contribution in [1.82, 2.24) is 10.9 Å². The molecule has 1 aromatic heterocycles. The first-order valence-corrected chi connectivity index (χ1v) is 8.26. The van der Waals surface area contributed by atoms with Gasteiger partial charge in [0.2, 0.25) is 5.91 Å². The SMILES string of the molecule is Cc1c(C(=O)NNC(=O)CC[NH+](C)C)oc2c1ccc1ccccc12. The van der Waals surface area contributed by atoms with Crippen molar-refractivity contribution in [3.05, 3.63) is 47.7 Å². The molecule has 0 aliphatic carbocycles. The summed E-state index contributed by atoms with van der Waals surface area (Å²) in [5.41, 5.74) is 6.30. The molecule has 0 aliphatic rings. The number of quaternary nitrogens is 1. The maximum Gasteiger partial charge on any atom is 0.305 e. The third-order valence-electron chi connectivity index (χ3n) is 4.20. The highest BCUT2D eigenvalue weighted by atomic mass is 16.3. The molecular formula is C19H22N3O3+. The van der Waals surface area contributed by atoms with Crippen molar-refractivity contribution < 1.29 is 18.9 Å². The topological polar surface area (TPSA) is 75.8 Å². The average molecular weight is 340 g/mol. The lowest BCUT2D eigenvalue weighted by molar-refractivity contribution is -0.857. The minimum absolute atomic E-state index is 0.213. The van der Waals surface area contributed by atoms with E-state index in [0.717, 1.165) is 21.7 Å². The minimum Gasteiger partial charge on any atom is -0.450 e. The molecule has 0 radical (unpaired) electrons. The summed E-state index contributed by atoms with van der Waals surface area (Å²) in [5.74, 6) is -0.470. The molecule has 0 atom stereocenters. The summed E-state index contributed by atoms with van der Waals surface area (Å²) in [4.78, 5) is 25.3. The molecule has 3 aromatic rings. The van der Waals surface area contributed by atoms with Gasteiger partial charge in [-0.05, 0) is 12.3 Å². The lowest BCUT2D eigenvalue weighted by Crippen LogP contribution is -3.05. The van der Waals surface area contributed by atoms with Crippen LogP contribution in [-0.2, 0) is 4.79 Å². The molecular weight excluding hydrogens is 318 g/mol. The van der Waals surface area contributed by atoms with E-state index in [2.05, 4.69) is 10.9 Å². The Balaban J connectivity index is 1.81. The van der Waals surface area contributed by atoms with Crippen LogP contribution in [0.3, 0.4) is 0 Å². The molecule has 2 aromatic carbocycles. The Kier molecular flexibility index (Phi) is 4.72. The molecule has 6 nitrogen and oxygen atoms in total. The Bertz CT molecular complexity index is 944. The average Bonchev–Trinajstić information content (AvgIpc) is 2.95. The van der Waals surface area contributed by atoms with E-state index in [1.165, 1.54) is 4.90 Å². The van der Waals surface area contributed by atoms with Crippen molar-refractivity contribution in [2.45, 2.75) is 13.3 Å². The summed E-state index contributed by atoms with van der Waals surface area (Å²) in [5, 5.41) is 2.90. The fourth-order valence-corrected chi connectivity index (χ4v) is 2.78. The summed E-state index contributed by atoms with van der Waals surface area (Å²) in [7, 11) is 3.93. The first-order chi connectivity index (χ1) is 12.0. The number of aryl methyl sites for hydroxylation is 1. The van der Waals surface area contributed by atoms with Crippen LogP contribution in [0.15, 0.2) is 40.8 Å². The van der Waals surface area contributed by atoms with Crippen LogP contribution in [0.25, 0.3) is 21.7 Å². The fourth-order valence-electron chi connectivity index (χ4n) is 2.78. The molecule has 2 amide bonds. The van der Waals surface area contributed by atoms with E-state index < -0.39 is 5.91 Å². The Morgan fingerprint density at radius 3 is 2.56 bits per heavy atom. The van der Waals surface area contributed by atoms with Gasteiger partial charge in [0, 0.05) is 16.3 Å². The van der Waals surface area contributed by atoms with Gasteiger partial charge >= 0.3 is 5.91 Å². The third-order valence-corrected chi connectivity index (χ3v) is 4.20. The van der Waals surface area contributed by atoms with Crippen molar-refractivity contribution in [2.75, 3.05) is 20.6 Å². The Hall–Kier alpha value is -2.86. The van der Waals surface area contributed by atoms with Crippen molar-refractivity contribution in [3.8, 4) is 0 Å². The molecule has 3 rings (SSSR count). The van der Waals surface area contributed by atoms with E-state index in [-0.39, 0.29) is 11.7 Å². The van der Waals surface area contributed by atoms with Crippen LogP contribution < -0.4 is 15.8 Å². The normalized spacial score (nSPS) is 11.2. The maximum absolute atomic E-state index is 12.4. The zero-order valence-corrected chi connectivity index (χ0v) is 14.6. The number of hydrazine groups is 1. The number of rotatable bonds is 4. The van der Waals surface area contributed by atoms with Crippen LogP contribution in [0.1, 0.15) is 22.5 Å². The summed E-state index contributed by atoms with van der Waals surface area (Å²) >= 11 is 0. The lowest BCUT2D eigenvalue weighted by Gasteiger charge is -2.08. The Morgan fingerprint density at radius 2 is 1.80 bits per heavy atom. The van der Waals surface area contributed by atoms with Gasteiger partial charge in [-0.15, -0.1) is 0 Å². The van der Waals surface area contributed by atoms with Gasteiger partial charge in [0.1, 0.15) is 5.58 Å². The van der Waals surface area contributed by atoms with Gasteiger partial charge in [-0.2, -0.15) is 0 Å². The van der Waals surface area contributed by atoms with Gasteiger partial charge < -0.3 is 9.32 Å². The predicted molar refractivity (Wildman–Crippen MR) is 96.4 cm³/mol. The third kappa shape index (κ3) is 3.49. The van der Waals surface area contributed by atoms with Gasteiger partial charge in [-0.25, -0.2) is 0 Å². The number of fused-ring (bicyclic) bond motifs is 3. The van der Waals surface area contributed by atoms with Gasteiger partial charge in [-0.1, -0.05) is 36.4 Å². The summed E-state index contributed by atoms with van der Waals surface area (Å²) in [6.07, 6.45) is 0.340. The summed E-state index contributed by atoms with van der Waals surface area (Å²) in [6, 6.07) is 11.8. The van der Waals surface area contributed by atoms with Crippen molar-refractivity contribution in [2.24, 2.45) is 0 Å². The molecule has 130 valence electrons. The Morgan fingerprint density at radius 1 is 1.04 bits per heavy atom. The van der Waals surface area contributed by atoms with Crippen LogP contribution in [0.4, 0.5) is 0 Å². The van der Waals surface area contributed by atoms with Gasteiger partial charge in [0.25, 0.3) is 0 Å². The van der Waals surface area contributed by atoms with Crippen LogP contribution in [0, 0.1) is 6.92 Å². The first-order valence-electron chi connectivity index (χ1n) is 8.26. The molecule has 1 heterocycles. The maximum atomic E-state index is 12.4. The zero-order chi connectivity index (χ0) is 18.0. The standard InChI is InChI=1S/C19H21N3O3/c1-12-14-9-8-13-6-4-5-7-15(13)18(14)25-17(12)19(24)21-20-16(23)10-11-22(2)3/h4-9H,10-11H2,1-3H3,(H,20,23)(H,21,24)/p+1. The highest BCUT2D eigenvalue weighted by molar-refractivity contribution is 6.09. The second kappa shape index (κ2) is 6.94. The largest absolute Gasteiger partial charge is 0.450 e. The van der Waals surface area contributed by atoms with Crippen LogP contribution in [0.5, 0.6) is 0 Å². The molecule has 0 fully saturated rings. The molecule has 0 saturated heterocycles. The molecule has 0 spiro atoms. The number of amides is 2. The van der Waals surface area contributed by atoms with Gasteiger partial charge in [-0.3, -0.25) is 20.4 Å². The molecule has 0 saturated carbocycles. The van der Waals surface area contributed by atoms with E-state index in [1.54, 1.807) is 0 Å². The minimum atomic E-state index is -0.455. The monoisotopic (exact) mass is 340 g/mol. The second-order valence-corrected chi connectivity index (χ2v) is 6.43. The van der Waals surface area contributed by atoms with Gasteiger partial charge in [0.15, 0.2) is 5.76 Å². The van der Waals surface area contributed by atoms with E-state index in [9.17, 15) is 9.59 Å². The number of hydrogen-bond donors (Lipinski definition) is 3. The smallest absolute Gasteiger partial charge is 0.305 e. The molecule has 0 bridgehead atoms. The lowest BCUT2D eigenvalue weighted by atomic mass is 10.1. The van der Waals surface area contributed by atoms with Crippen LogP contribution in [0.2, 0.25) is 0 Å². The predicted octanol–water partition coefficient (Wildman–Crippen LogP) is 1.19. The van der Waals surface area contributed by atoms with E-state index >= 15 is 0 Å². The number of nitrogens with one attached hydrogen (secondary N) is 3. The van der Waals surface area contributed by atoms with Crippen molar-refractivity contribution in [3.63, 3.8) is 0 Å². The highest BCUT2D eigenvalue weighted by Gasteiger charge is 2.19. The number of benzene rings is 2. The number of furan rings is 1. The Labute approximate surface area is 145 Å².